The van der Waals surface area contributed by atoms with Gasteiger partial charge >= 0.3 is 0 Å². The van der Waals surface area contributed by atoms with Crippen molar-refractivity contribution in [1.29, 1.82) is 0 Å². The van der Waals surface area contributed by atoms with E-state index in [4.69, 9.17) is 0 Å². The van der Waals surface area contributed by atoms with E-state index in [2.05, 4.69) is 0 Å². The topological polar surface area (TPSA) is 25.2 Å². The van der Waals surface area contributed by atoms with Crippen LogP contribution in [0.4, 0.5) is 4.39 Å². The number of hydrogen-bond donors (Lipinski definition) is 1. The molecule has 0 atom stereocenters. The molecule has 0 amide bonds. The Bertz CT molecular complexity index is 688. The summed E-state index contributed by atoms with van der Waals surface area (Å²) in [5, 5.41) is 10.3. The van der Waals surface area contributed by atoms with Gasteiger partial charge in [-0.05, 0) is 29.7 Å². The van der Waals surface area contributed by atoms with E-state index in [0.29, 0.717) is 5.69 Å². The Hall–Kier alpha value is -2.29. The Balaban J connectivity index is 2.27. The van der Waals surface area contributed by atoms with Gasteiger partial charge in [0.25, 0.3) is 0 Å². The molecule has 0 unspecified atom stereocenters. The molecule has 0 fully saturated rings. The molecule has 3 heteroatoms. The molecule has 0 saturated heterocycles. The lowest BCUT2D eigenvalue weighted by Gasteiger charge is -2.07. The number of para-hydroxylation sites is 1. The molecule has 0 aliphatic heterocycles. The SMILES string of the molecule is Oc1ccc(-n2ccc3ccccc32)c(F)c1. The molecule has 2 aromatic carbocycles. The number of nitrogens with zero attached hydrogens (tertiary/aromatic N) is 1. The molecule has 1 N–H and O–H groups in total. The molecule has 84 valence electrons. The Morgan fingerprint density at radius 2 is 1.82 bits per heavy atom. The summed E-state index contributed by atoms with van der Waals surface area (Å²) in [4.78, 5) is 0. The third-order valence-corrected chi connectivity index (χ3v) is 2.79. The van der Waals surface area contributed by atoms with Crippen molar-refractivity contribution >= 4 is 10.9 Å². The molecule has 0 aliphatic carbocycles. The zero-order valence-corrected chi connectivity index (χ0v) is 8.97. The second-order valence-corrected chi connectivity index (χ2v) is 3.88. The van der Waals surface area contributed by atoms with Crippen LogP contribution in [-0.4, -0.2) is 9.67 Å². The molecule has 3 aromatic rings. The van der Waals surface area contributed by atoms with E-state index in [-0.39, 0.29) is 5.75 Å². The lowest BCUT2D eigenvalue weighted by molar-refractivity contribution is 0.468. The Kier molecular flexibility index (Phi) is 2.11. The third-order valence-electron chi connectivity index (χ3n) is 2.79. The number of hydrogen-bond acceptors (Lipinski definition) is 1. The van der Waals surface area contributed by atoms with Crippen LogP contribution in [0.5, 0.6) is 5.75 Å². The fraction of sp³-hybridized carbons (Fsp3) is 0. The van der Waals surface area contributed by atoms with E-state index in [1.807, 2.05) is 36.5 Å². The monoisotopic (exact) mass is 227 g/mol. The van der Waals surface area contributed by atoms with E-state index >= 15 is 0 Å². The Labute approximate surface area is 97.5 Å². The summed E-state index contributed by atoms with van der Waals surface area (Å²) in [7, 11) is 0. The van der Waals surface area contributed by atoms with E-state index < -0.39 is 5.82 Å². The minimum absolute atomic E-state index is 0.0669. The number of aromatic nitrogens is 1. The van der Waals surface area contributed by atoms with Crippen molar-refractivity contribution in [1.82, 2.24) is 4.57 Å². The van der Waals surface area contributed by atoms with Crippen molar-refractivity contribution in [2.45, 2.75) is 0 Å². The molecule has 1 aromatic heterocycles. The Morgan fingerprint density at radius 3 is 2.65 bits per heavy atom. The molecule has 0 spiro atoms. The minimum atomic E-state index is -0.439. The van der Waals surface area contributed by atoms with E-state index in [9.17, 15) is 9.50 Å². The molecule has 3 rings (SSSR count). The van der Waals surface area contributed by atoms with Gasteiger partial charge in [-0.3, -0.25) is 0 Å². The molecule has 0 saturated carbocycles. The first-order valence-electron chi connectivity index (χ1n) is 5.31. The predicted molar refractivity (Wildman–Crippen MR) is 64.9 cm³/mol. The average Bonchev–Trinajstić information content (AvgIpc) is 2.73. The highest BCUT2D eigenvalue weighted by Crippen LogP contribution is 2.24. The zero-order chi connectivity index (χ0) is 11.8. The number of aromatic hydroxyl groups is 1. The Morgan fingerprint density at radius 1 is 1.00 bits per heavy atom. The molecular weight excluding hydrogens is 217 g/mol. The zero-order valence-electron chi connectivity index (χ0n) is 8.97. The normalized spacial score (nSPS) is 10.9. The molecule has 17 heavy (non-hydrogen) atoms. The number of rotatable bonds is 1. The van der Waals surface area contributed by atoms with Crippen LogP contribution >= 0.6 is 0 Å². The lowest BCUT2D eigenvalue weighted by atomic mass is 10.2. The van der Waals surface area contributed by atoms with Gasteiger partial charge in [-0.2, -0.15) is 0 Å². The lowest BCUT2D eigenvalue weighted by Crippen LogP contribution is -1.95. The van der Waals surface area contributed by atoms with Crippen molar-refractivity contribution in [3.05, 3.63) is 60.5 Å². The molecule has 0 aliphatic rings. The van der Waals surface area contributed by atoms with Crippen molar-refractivity contribution in [2.24, 2.45) is 0 Å². The van der Waals surface area contributed by atoms with Crippen LogP contribution in [0.2, 0.25) is 0 Å². The van der Waals surface area contributed by atoms with Gasteiger partial charge in [-0.25, -0.2) is 4.39 Å². The maximum Gasteiger partial charge on any atom is 0.150 e. The number of phenolic OH excluding ortho intramolecular Hbond substituents is 1. The second kappa shape index (κ2) is 3.63. The van der Waals surface area contributed by atoms with Gasteiger partial charge in [0.1, 0.15) is 5.75 Å². The summed E-state index contributed by atoms with van der Waals surface area (Å²) >= 11 is 0. The smallest absolute Gasteiger partial charge is 0.150 e. The van der Waals surface area contributed by atoms with Gasteiger partial charge in [0.15, 0.2) is 5.82 Å². The van der Waals surface area contributed by atoms with Crippen molar-refractivity contribution in [3.63, 3.8) is 0 Å². The second-order valence-electron chi connectivity index (χ2n) is 3.88. The largest absolute Gasteiger partial charge is 0.508 e. The average molecular weight is 227 g/mol. The third kappa shape index (κ3) is 1.56. The number of fused-ring (bicyclic) bond motifs is 1. The first-order valence-corrected chi connectivity index (χ1v) is 5.31. The predicted octanol–water partition coefficient (Wildman–Crippen LogP) is 3.48. The summed E-state index contributed by atoms with van der Waals surface area (Å²) in [6.45, 7) is 0. The number of benzene rings is 2. The van der Waals surface area contributed by atoms with Gasteiger partial charge in [0.05, 0.1) is 11.2 Å². The molecule has 2 nitrogen and oxygen atoms in total. The van der Waals surface area contributed by atoms with E-state index in [1.54, 1.807) is 10.6 Å². The van der Waals surface area contributed by atoms with Crippen molar-refractivity contribution < 1.29 is 9.50 Å². The van der Waals surface area contributed by atoms with Crippen LogP contribution in [-0.2, 0) is 0 Å². The van der Waals surface area contributed by atoms with Crippen LogP contribution in [0.15, 0.2) is 54.7 Å². The quantitative estimate of drug-likeness (QED) is 0.676. The molecule has 0 radical (unpaired) electrons. The van der Waals surface area contributed by atoms with Gasteiger partial charge in [-0.1, -0.05) is 18.2 Å². The fourth-order valence-corrected chi connectivity index (χ4v) is 1.98. The van der Waals surface area contributed by atoms with Crippen LogP contribution < -0.4 is 0 Å². The summed E-state index contributed by atoms with van der Waals surface area (Å²) in [5.41, 5.74) is 1.38. The van der Waals surface area contributed by atoms with Crippen molar-refractivity contribution in [3.8, 4) is 11.4 Å². The van der Waals surface area contributed by atoms with Crippen LogP contribution in [0.3, 0.4) is 0 Å². The number of phenols is 1. The maximum absolute atomic E-state index is 13.8. The number of halogens is 1. The highest BCUT2D eigenvalue weighted by Gasteiger charge is 2.07. The van der Waals surface area contributed by atoms with Crippen LogP contribution in [0.1, 0.15) is 0 Å². The summed E-state index contributed by atoms with van der Waals surface area (Å²) in [5.74, 6) is -0.505. The first kappa shape index (κ1) is 9.90. The maximum atomic E-state index is 13.8. The summed E-state index contributed by atoms with van der Waals surface area (Å²) in [6.07, 6.45) is 1.82. The molecule has 0 bridgehead atoms. The highest BCUT2D eigenvalue weighted by atomic mass is 19.1. The highest BCUT2D eigenvalue weighted by molar-refractivity contribution is 5.81. The summed E-state index contributed by atoms with van der Waals surface area (Å²) in [6, 6.07) is 13.9. The van der Waals surface area contributed by atoms with Gasteiger partial charge in [0.2, 0.25) is 0 Å². The van der Waals surface area contributed by atoms with Gasteiger partial charge in [-0.15, -0.1) is 0 Å². The standard InChI is InChI=1S/C14H10FNO/c15-12-9-11(17)5-6-14(12)16-8-7-10-3-1-2-4-13(10)16/h1-9,17H. The summed E-state index contributed by atoms with van der Waals surface area (Å²) < 4.78 is 15.5. The first-order chi connectivity index (χ1) is 8.25. The van der Waals surface area contributed by atoms with E-state index in [0.717, 1.165) is 17.0 Å². The van der Waals surface area contributed by atoms with Crippen LogP contribution in [0.25, 0.3) is 16.6 Å². The molecule has 1 heterocycles. The van der Waals surface area contributed by atoms with Gasteiger partial charge < -0.3 is 9.67 Å². The van der Waals surface area contributed by atoms with Crippen molar-refractivity contribution in [2.75, 3.05) is 0 Å². The van der Waals surface area contributed by atoms with E-state index in [1.165, 1.54) is 6.07 Å². The van der Waals surface area contributed by atoms with Gasteiger partial charge in [0, 0.05) is 12.3 Å². The minimum Gasteiger partial charge on any atom is -0.508 e. The molecular formula is C14H10FNO. The van der Waals surface area contributed by atoms with Crippen LogP contribution in [0, 0.1) is 5.82 Å². The fourth-order valence-electron chi connectivity index (χ4n) is 1.98.